The lowest BCUT2D eigenvalue weighted by atomic mass is 10.1. The van der Waals surface area contributed by atoms with Gasteiger partial charge >= 0.3 is 0 Å². The van der Waals surface area contributed by atoms with Crippen molar-refractivity contribution in [3.05, 3.63) is 45.9 Å². The lowest BCUT2D eigenvalue weighted by Gasteiger charge is -2.19. The molecule has 0 aliphatic carbocycles. The molecule has 2 rings (SSSR count). The predicted octanol–water partition coefficient (Wildman–Crippen LogP) is 3.55. The van der Waals surface area contributed by atoms with Gasteiger partial charge < -0.3 is 10.2 Å². The maximum absolute atomic E-state index is 12.3. The summed E-state index contributed by atoms with van der Waals surface area (Å²) < 4.78 is 0. The Balaban J connectivity index is 2.05. The molecule has 1 aromatic carbocycles. The van der Waals surface area contributed by atoms with Gasteiger partial charge in [-0.15, -0.1) is 11.3 Å². The van der Waals surface area contributed by atoms with E-state index in [1.165, 1.54) is 4.88 Å². The molecule has 1 heterocycles. The number of nitrogens with one attached hydrogen (secondary N) is 1. The molecule has 1 N–H and O–H groups in total. The number of benzene rings is 1. The van der Waals surface area contributed by atoms with Crippen LogP contribution in [0.15, 0.2) is 30.5 Å². The van der Waals surface area contributed by atoms with Gasteiger partial charge in [0.1, 0.15) is 0 Å². The predicted molar refractivity (Wildman–Crippen MR) is 87.9 cm³/mol. The summed E-state index contributed by atoms with van der Waals surface area (Å²) in [6, 6.07) is 7.67. The molecule has 112 valence electrons. The van der Waals surface area contributed by atoms with Crippen LogP contribution in [0.1, 0.15) is 34.1 Å². The van der Waals surface area contributed by atoms with Gasteiger partial charge in [-0.2, -0.15) is 0 Å². The summed E-state index contributed by atoms with van der Waals surface area (Å²) >= 11 is 1.68. The molecule has 2 aromatic rings. The smallest absolute Gasteiger partial charge is 0.253 e. The monoisotopic (exact) mass is 303 g/mol. The average Bonchev–Trinajstić information content (AvgIpc) is 2.92. The number of hydrogen-bond acceptors (Lipinski definition) is 4. The van der Waals surface area contributed by atoms with E-state index in [0.717, 1.165) is 35.9 Å². The molecule has 0 aliphatic heterocycles. The summed E-state index contributed by atoms with van der Waals surface area (Å²) in [6.45, 7) is 8.18. The Bertz CT molecular complexity index is 605. The fourth-order valence-electron chi connectivity index (χ4n) is 2.13. The number of rotatable bonds is 6. The molecule has 0 atom stereocenters. The molecule has 5 heteroatoms. The van der Waals surface area contributed by atoms with Crippen LogP contribution in [0.3, 0.4) is 0 Å². The number of carbonyl (C=O) groups excluding carboxylic acids is 1. The number of carbonyl (C=O) groups is 1. The third-order valence-corrected chi connectivity index (χ3v) is 4.21. The number of thiazole rings is 1. The summed E-state index contributed by atoms with van der Waals surface area (Å²) in [7, 11) is 0. The van der Waals surface area contributed by atoms with Crippen LogP contribution >= 0.6 is 11.3 Å². The van der Waals surface area contributed by atoms with Gasteiger partial charge in [0.25, 0.3) is 5.91 Å². The van der Waals surface area contributed by atoms with Gasteiger partial charge in [-0.3, -0.25) is 4.79 Å². The minimum absolute atomic E-state index is 0.0808. The van der Waals surface area contributed by atoms with E-state index in [1.54, 1.807) is 11.3 Å². The molecule has 21 heavy (non-hydrogen) atoms. The van der Waals surface area contributed by atoms with Crippen molar-refractivity contribution in [2.75, 3.05) is 18.4 Å². The number of hydrogen-bond donors (Lipinski definition) is 1. The zero-order valence-electron chi connectivity index (χ0n) is 12.7. The molecule has 0 saturated carbocycles. The van der Waals surface area contributed by atoms with Gasteiger partial charge in [0.2, 0.25) is 0 Å². The lowest BCUT2D eigenvalue weighted by Crippen LogP contribution is -2.30. The largest absolute Gasteiger partial charge is 0.380 e. The number of amides is 1. The lowest BCUT2D eigenvalue weighted by molar-refractivity contribution is 0.0773. The van der Waals surface area contributed by atoms with Crippen LogP contribution < -0.4 is 5.32 Å². The van der Waals surface area contributed by atoms with Crippen molar-refractivity contribution in [3.8, 4) is 0 Å². The Labute approximate surface area is 129 Å². The van der Waals surface area contributed by atoms with E-state index < -0.39 is 0 Å². The third-order valence-electron chi connectivity index (χ3n) is 3.30. The Hall–Kier alpha value is -1.88. The molecule has 0 fully saturated rings. The van der Waals surface area contributed by atoms with Crippen LogP contribution in [0, 0.1) is 6.92 Å². The average molecular weight is 303 g/mol. The highest BCUT2D eigenvalue weighted by atomic mass is 32.1. The van der Waals surface area contributed by atoms with Crippen molar-refractivity contribution < 1.29 is 4.79 Å². The van der Waals surface area contributed by atoms with Crippen molar-refractivity contribution in [2.24, 2.45) is 0 Å². The van der Waals surface area contributed by atoms with Crippen molar-refractivity contribution >= 4 is 22.9 Å². The van der Waals surface area contributed by atoms with E-state index in [1.807, 2.05) is 56.1 Å². The first-order valence-corrected chi connectivity index (χ1v) is 8.00. The molecule has 4 nitrogen and oxygen atoms in total. The van der Waals surface area contributed by atoms with Crippen LogP contribution in [-0.2, 0) is 6.54 Å². The SMILES string of the molecule is CCN(CC)C(=O)c1cccc(NCc2cnc(C)s2)c1. The molecule has 0 unspecified atom stereocenters. The summed E-state index contributed by atoms with van der Waals surface area (Å²) in [6.07, 6.45) is 1.89. The minimum Gasteiger partial charge on any atom is -0.380 e. The zero-order valence-corrected chi connectivity index (χ0v) is 13.5. The van der Waals surface area contributed by atoms with Gasteiger partial charge in [-0.25, -0.2) is 4.98 Å². The first-order valence-electron chi connectivity index (χ1n) is 7.18. The Morgan fingerprint density at radius 3 is 2.71 bits per heavy atom. The Morgan fingerprint density at radius 1 is 1.33 bits per heavy atom. The summed E-state index contributed by atoms with van der Waals surface area (Å²) in [5, 5.41) is 4.41. The van der Waals surface area contributed by atoms with Crippen LogP contribution in [0.5, 0.6) is 0 Å². The molecule has 0 saturated heterocycles. The molecular weight excluding hydrogens is 282 g/mol. The number of aromatic nitrogens is 1. The van der Waals surface area contributed by atoms with Gasteiger partial charge in [0, 0.05) is 35.4 Å². The first-order chi connectivity index (χ1) is 10.1. The normalized spacial score (nSPS) is 10.4. The van der Waals surface area contributed by atoms with E-state index in [9.17, 15) is 4.79 Å². The van der Waals surface area contributed by atoms with Crippen molar-refractivity contribution in [1.29, 1.82) is 0 Å². The second-order valence-corrected chi connectivity index (χ2v) is 6.08. The summed E-state index contributed by atoms with van der Waals surface area (Å²) in [5.41, 5.74) is 1.68. The molecule has 1 amide bonds. The Kier molecular flexibility index (Phi) is 5.33. The zero-order chi connectivity index (χ0) is 15.2. The maximum atomic E-state index is 12.3. The van der Waals surface area contributed by atoms with Crippen molar-refractivity contribution in [3.63, 3.8) is 0 Å². The molecule has 1 aromatic heterocycles. The van der Waals surface area contributed by atoms with Crippen LogP contribution in [0.2, 0.25) is 0 Å². The van der Waals surface area contributed by atoms with Crippen molar-refractivity contribution in [2.45, 2.75) is 27.3 Å². The van der Waals surface area contributed by atoms with Gasteiger partial charge in [0.15, 0.2) is 0 Å². The van der Waals surface area contributed by atoms with E-state index >= 15 is 0 Å². The molecule has 0 bridgehead atoms. The van der Waals surface area contributed by atoms with Crippen LogP contribution in [0.25, 0.3) is 0 Å². The highest BCUT2D eigenvalue weighted by Gasteiger charge is 2.12. The highest BCUT2D eigenvalue weighted by Crippen LogP contribution is 2.16. The van der Waals surface area contributed by atoms with E-state index in [4.69, 9.17) is 0 Å². The Morgan fingerprint density at radius 2 is 2.10 bits per heavy atom. The number of anilines is 1. The number of aryl methyl sites for hydroxylation is 1. The fraction of sp³-hybridized carbons (Fsp3) is 0.375. The molecule has 0 spiro atoms. The van der Waals surface area contributed by atoms with Gasteiger partial charge in [-0.1, -0.05) is 6.07 Å². The second-order valence-electron chi connectivity index (χ2n) is 4.76. The minimum atomic E-state index is 0.0808. The number of nitrogens with zero attached hydrogens (tertiary/aromatic N) is 2. The highest BCUT2D eigenvalue weighted by molar-refractivity contribution is 7.11. The fourth-order valence-corrected chi connectivity index (χ4v) is 2.87. The summed E-state index contributed by atoms with van der Waals surface area (Å²) in [4.78, 5) is 19.6. The van der Waals surface area contributed by atoms with E-state index in [0.29, 0.717) is 0 Å². The second kappa shape index (κ2) is 7.22. The molecule has 0 aliphatic rings. The quantitative estimate of drug-likeness (QED) is 0.887. The van der Waals surface area contributed by atoms with Gasteiger partial charge in [0.05, 0.1) is 11.6 Å². The van der Waals surface area contributed by atoms with E-state index in [2.05, 4.69) is 10.3 Å². The topological polar surface area (TPSA) is 45.2 Å². The van der Waals surface area contributed by atoms with Gasteiger partial charge in [-0.05, 0) is 39.0 Å². The standard InChI is InChI=1S/C16H21N3OS/c1-4-19(5-2)16(20)13-7-6-8-14(9-13)18-11-15-10-17-12(3)21-15/h6-10,18H,4-5,11H2,1-3H3. The molecule has 0 radical (unpaired) electrons. The maximum Gasteiger partial charge on any atom is 0.253 e. The summed E-state index contributed by atoms with van der Waals surface area (Å²) in [5.74, 6) is 0.0808. The van der Waals surface area contributed by atoms with Crippen molar-refractivity contribution in [1.82, 2.24) is 9.88 Å². The van der Waals surface area contributed by atoms with Crippen LogP contribution in [0.4, 0.5) is 5.69 Å². The third kappa shape index (κ3) is 4.04. The van der Waals surface area contributed by atoms with E-state index in [-0.39, 0.29) is 5.91 Å². The molecular formula is C16H21N3OS. The van der Waals surface area contributed by atoms with Crippen LogP contribution in [-0.4, -0.2) is 28.9 Å². The first kappa shape index (κ1) is 15.5.